The smallest absolute Gasteiger partial charge is 0.256 e. The average molecular weight is 466 g/mol. The lowest BCUT2D eigenvalue weighted by Crippen LogP contribution is -2.46. The van der Waals surface area contributed by atoms with Crippen LogP contribution < -0.4 is 5.32 Å². The molecule has 0 unspecified atom stereocenters. The van der Waals surface area contributed by atoms with Crippen LogP contribution in [0.4, 0.5) is 5.00 Å². The number of carbonyl (C=O) groups is 1. The van der Waals surface area contributed by atoms with Crippen molar-refractivity contribution in [2.24, 2.45) is 0 Å². The van der Waals surface area contributed by atoms with Gasteiger partial charge in [-0.1, -0.05) is 37.3 Å². The first kappa shape index (κ1) is 23.1. The van der Waals surface area contributed by atoms with Gasteiger partial charge in [-0.25, -0.2) is 0 Å². The van der Waals surface area contributed by atoms with Crippen molar-refractivity contribution in [3.8, 4) is 0 Å². The second kappa shape index (κ2) is 10.7. The van der Waals surface area contributed by atoms with E-state index in [-0.39, 0.29) is 11.9 Å². The van der Waals surface area contributed by atoms with Gasteiger partial charge in [0, 0.05) is 47.1 Å². The van der Waals surface area contributed by atoms with Crippen molar-refractivity contribution >= 4 is 34.0 Å². The van der Waals surface area contributed by atoms with E-state index in [2.05, 4.69) is 65.7 Å². The lowest BCUT2D eigenvalue weighted by atomic mass is 9.97. The summed E-state index contributed by atoms with van der Waals surface area (Å²) in [6.07, 6.45) is 3.07. The van der Waals surface area contributed by atoms with Crippen LogP contribution in [0.5, 0.6) is 0 Å². The molecule has 1 amide bonds. The summed E-state index contributed by atoms with van der Waals surface area (Å²) in [6, 6.07) is 20.8. The Morgan fingerprint density at radius 2 is 1.75 bits per heavy atom. The molecule has 1 N–H and O–H groups in total. The molecule has 1 aliphatic rings. The van der Waals surface area contributed by atoms with Gasteiger partial charge in [0.2, 0.25) is 0 Å². The first-order valence-corrected chi connectivity index (χ1v) is 13.2. The molecule has 1 saturated heterocycles. The maximum absolute atomic E-state index is 13.0. The van der Waals surface area contributed by atoms with Crippen molar-refractivity contribution in [2.45, 2.75) is 24.3 Å². The Kier molecular flexibility index (Phi) is 7.68. The number of likely N-dealkylation sites (N-methyl/N-ethyl adjacent to an activating group) is 1. The quantitative estimate of drug-likeness (QED) is 0.459. The van der Waals surface area contributed by atoms with Crippen LogP contribution in [0.3, 0.4) is 0 Å². The number of piperazine rings is 1. The number of thioether (sulfide) groups is 1. The molecule has 3 aromatic rings. The Labute approximate surface area is 199 Å². The van der Waals surface area contributed by atoms with Crippen molar-refractivity contribution in [1.82, 2.24) is 9.80 Å². The van der Waals surface area contributed by atoms with Gasteiger partial charge in [0.1, 0.15) is 5.00 Å². The molecule has 4 nitrogen and oxygen atoms in total. The maximum Gasteiger partial charge on any atom is 0.256 e. The third-order valence-electron chi connectivity index (χ3n) is 6.05. The summed E-state index contributed by atoms with van der Waals surface area (Å²) in [7, 11) is 2.19. The van der Waals surface area contributed by atoms with Crippen molar-refractivity contribution in [1.29, 1.82) is 0 Å². The molecule has 32 heavy (non-hydrogen) atoms. The Balaban J connectivity index is 1.72. The van der Waals surface area contributed by atoms with E-state index in [0.717, 1.165) is 37.6 Å². The topological polar surface area (TPSA) is 35.6 Å². The minimum absolute atomic E-state index is 0.0498. The lowest BCUT2D eigenvalue weighted by Gasteiger charge is -2.38. The van der Waals surface area contributed by atoms with E-state index in [4.69, 9.17) is 0 Å². The Bertz CT molecular complexity index is 1020. The number of rotatable bonds is 7. The molecule has 1 atom stereocenters. The fraction of sp³-hybridized carbons (Fsp3) is 0.346. The molecule has 0 bridgehead atoms. The highest BCUT2D eigenvalue weighted by Gasteiger charge is 2.29. The monoisotopic (exact) mass is 465 g/mol. The largest absolute Gasteiger partial charge is 0.313 e. The third-order valence-corrected chi connectivity index (χ3v) is 8.01. The number of thiophene rings is 1. The van der Waals surface area contributed by atoms with E-state index < -0.39 is 0 Å². The minimum Gasteiger partial charge on any atom is -0.313 e. The van der Waals surface area contributed by atoms with Gasteiger partial charge in [0.05, 0.1) is 6.04 Å². The minimum atomic E-state index is -0.0498. The fourth-order valence-corrected chi connectivity index (χ4v) is 5.58. The summed E-state index contributed by atoms with van der Waals surface area (Å²) in [5.74, 6) is -0.0498. The molecule has 0 radical (unpaired) electrons. The standard InChI is InChI=1S/C26H31N3OS2/c1-4-21-18-23(26(32-21)27-25(30)20-8-6-5-7-9-20)24(29-16-14-28(2)15-17-29)19-10-12-22(31-3)13-11-19/h5-13,18,24H,4,14-17H2,1-3H3,(H,27,30)/t24-/m0/s1. The lowest BCUT2D eigenvalue weighted by molar-refractivity contribution is 0.102. The molecular weight excluding hydrogens is 434 g/mol. The van der Waals surface area contributed by atoms with Gasteiger partial charge >= 0.3 is 0 Å². The van der Waals surface area contributed by atoms with Crippen LogP contribution in [0.25, 0.3) is 0 Å². The molecule has 6 heteroatoms. The Hall–Kier alpha value is -2.12. The molecule has 4 rings (SSSR count). The van der Waals surface area contributed by atoms with Gasteiger partial charge in [0.25, 0.3) is 5.91 Å². The van der Waals surface area contributed by atoms with E-state index in [1.807, 2.05) is 30.3 Å². The number of nitrogens with zero attached hydrogens (tertiary/aromatic N) is 2. The summed E-state index contributed by atoms with van der Waals surface area (Å²) in [4.78, 5) is 20.5. The zero-order valence-corrected chi connectivity index (χ0v) is 20.6. The molecular formula is C26H31N3OS2. The summed E-state index contributed by atoms with van der Waals surface area (Å²) in [5.41, 5.74) is 3.17. The predicted molar refractivity (Wildman–Crippen MR) is 137 cm³/mol. The molecule has 2 heterocycles. The van der Waals surface area contributed by atoms with E-state index in [9.17, 15) is 4.79 Å². The second-order valence-corrected chi connectivity index (χ2v) is 10.2. The fourth-order valence-electron chi connectivity index (χ4n) is 4.15. The molecule has 1 fully saturated rings. The van der Waals surface area contributed by atoms with E-state index >= 15 is 0 Å². The summed E-state index contributed by atoms with van der Waals surface area (Å²) in [6.45, 7) is 6.30. The highest BCUT2D eigenvalue weighted by Crippen LogP contribution is 2.40. The van der Waals surface area contributed by atoms with Crippen LogP contribution in [0.2, 0.25) is 0 Å². The average Bonchev–Trinajstić information content (AvgIpc) is 3.23. The number of hydrogen-bond acceptors (Lipinski definition) is 5. The zero-order valence-electron chi connectivity index (χ0n) is 19.0. The third kappa shape index (κ3) is 5.26. The van der Waals surface area contributed by atoms with Crippen LogP contribution in [-0.4, -0.2) is 55.2 Å². The Morgan fingerprint density at radius 3 is 2.38 bits per heavy atom. The number of benzene rings is 2. The van der Waals surface area contributed by atoms with Gasteiger partial charge in [-0.3, -0.25) is 9.69 Å². The Morgan fingerprint density at radius 1 is 1.06 bits per heavy atom. The van der Waals surface area contributed by atoms with Crippen molar-refractivity contribution < 1.29 is 4.79 Å². The molecule has 2 aromatic carbocycles. The first-order chi connectivity index (χ1) is 15.6. The van der Waals surface area contributed by atoms with Gasteiger partial charge < -0.3 is 10.2 Å². The molecule has 1 aromatic heterocycles. The SMILES string of the molecule is CCc1cc([C@H](c2ccc(SC)cc2)N2CCN(C)CC2)c(NC(=O)c2ccccc2)s1. The molecule has 0 saturated carbocycles. The number of hydrogen-bond donors (Lipinski definition) is 1. The van der Waals surface area contributed by atoms with E-state index in [0.29, 0.717) is 5.56 Å². The number of amides is 1. The van der Waals surface area contributed by atoms with Gasteiger partial charge in [0.15, 0.2) is 0 Å². The normalized spacial score (nSPS) is 16.1. The van der Waals surface area contributed by atoms with Crippen molar-refractivity contribution in [3.63, 3.8) is 0 Å². The molecule has 0 spiro atoms. The second-order valence-electron chi connectivity index (χ2n) is 8.19. The zero-order chi connectivity index (χ0) is 22.5. The number of carbonyl (C=O) groups excluding carboxylic acids is 1. The molecule has 168 valence electrons. The molecule has 1 aliphatic heterocycles. The molecule has 0 aliphatic carbocycles. The van der Waals surface area contributed by atoms with Crippen LogP contribution in [0.1, 0.15) is 39.3 Å². The predicted octanol–water partition coefficient (Wildman–Crippen LogP) is 5.62. The summed E-state index contributed by atoms with van der Waals surface area (Å²) >= 11 is 3.47. The van der Waals surface area contributed by atoms with Crippen molar-refractivity contribution in [3.05, 3.63) is 82.2 Å². The van der Waals surface area contributed by atoms with Gasteiger partial charge in [-0.15, -0.1) is 23.1 Å². The van der Waals surface area contributed by atoms with Crippen LogP contribution in [-0.2, 0) is 6.42 Å². The van der Waals surface area contributed by atoms with Gasteiger partial charge in [-0.2, -0.15) is 0 Å². The highest BCUT2D eigenvalue weighted by atomic mass is 32.2. The number of aryl methyl sites for hydroxylation is 1. The van der Waals surface area contributed by atoms with E-state index in [1.165, 1.54) is 20.9 Å². The maximum atomic E-state index is 13.0. The summed E-state index contributed by atoms with van der Waals surface area (Å²) in [5, 5.41) is 4.21. The number of anilines is 1. The summed E-state index contributed by atoms with van der Waals surface area (Å²) < 4.78 is 0. The van der Waals surface area contributed by atoms with Crippen LogP contribution in [0.15, 0.2) is 65.6 Å². The van der Waals surface area contributed by atoms with Gasteiger partial charge in [-0.05, 0) is 55.6 Å². The van der Waals surface area contributed by atoms with Crippen LogP contribution in [0, 0.1) is 0 Å². The van der Waals surface area contributed by atoms with Crippen molar-refractivity contribution in [2.75, 3.05) is 44.8 Å². The van der Waals surface area contributed by atoms with Crippen LogP contribution >= 0.6 is 23.1 Å². The first-order valence-electron chi connectivity index (χ1n) is 11.1. The number of nitrogens with one attached hydrogen (secondary N) is 1. The van der Waals surface area contributed by atoms with E-state index in [1.54, 1.807) is 23.1 Å². The highest BCUT2D eigenvalue weighted by molar-refractivity contribution is 7.98.